The molecule has 0 fully saturated rings. The standard InChI is InChI=1S/C29H23BrF3N7O3/c1-15-10-20(13-34)40(37-15)28-36-24-14-38(26(42)18-6-9-23(30)22(12-18)29(31,32)33)16(2)11-21(24)27(43)39(28)19-7-4-17(5-8-19)25(41)35-3/h4-10,12,16H,11,14H2,1-3H3,(H,35,41)/t16-/m1/s1. The molecule has 43 heavy (non-hydrogen) atoms. The summed E-state index contributed by atoms with van der Waals surface area (Å²) in [5, 5.41) is 16.6. The van der Waals surface area contributed by atoms with E-state index in [1.807, 2.05) is 6.07 Å². The van der Waals surface area contributed by atoms with Crippen LogP contribution in [0.25, 0.3) is 11.6 Å². The van der Waals surface area contributed by atoms with E-state index in [0.717, 1.165) is 6.07 Å². The normalized spacial score (nSPS) is 14.7. The number of nitrogens with one attached hydrogen (secondary N) is 1. The first-order valence-electron chi connectivity index (χ1n) is 13.0. The zero-order valence-electron chi connectivity index (χ0n) is 23.0. The molecule has 3 heterocycles. The summed E-state index contributed by atoms with van der Waals surface area (Å²) in [5.41, 5.74) is 0.256. The lowest BCUT2D eigenvalue weighted by Gasteiger charge is -2.34. The van der Waals surface area contributed by atoms with Crippen LogP contribution in [0.2, 0.25) is 0 Å². The van der Waals surface area contributed by atoms with E-state index in [9.17, 15) is 32.8 Å². The number of rotatable bonds is 4. The Morgan fingerprint density at radius 2 is 1.79 bits per heavy atom. The highest BCUT2D eigenvalue weighted by Gasteiger charge is 2.36. The fraction of sp³-hybridized carbons (Fsp3) is 0.241. The number of nitriles is 1. The molecular weight excluding hydrogens is 631 g/mol. The molecule has 2 aromatic heterocycles. The van der Waals surface area contributed by atoms with E-state index in [1.54, 1.807) is 38.1 Å². The molecule has 1 aliphatic heterocycles. The minimum atomic E-state index is -4.67. The number of aromatic nitrogens is 4. The maximum absolute atomic E-state index is 14.1. The summed E-state index contributed by atoms with van der Waals surface area (Å²) in [6, 6.07) is 12.5. The highest BCUT2D eigenvalue weighted by Crippen LogP contribution is 2.36. The molecule has 10 nitrogen and oxygen atoms in total. The summed E-state index contributed by atoms with van der Waals surface area (Å²) < 4.78 is 42.9. The molecule has 5 rings (SSSR count). The van der Waals surface area contributed by atoms with Crippen molar-refractivity contribution in [2.45, 2.75) is 39.0 Å². The second kappa shape index (κ2) is 11.1. The van der Waals surface area contributed by atoms with Crippen molar-refractivity contribution in [3.05, 3.63) is 103 Å². The summed E-state index contributed by atoms with van der Waals surface area (Å²) in [6.07, 6.45) is -4.59. The van der Waals surface area contributed by atoms with Gasteiger partial charge in [-0.15, -0.1) is 0 Å². The molecule has 0 saturated heterocycles. The van der Waals surface area contributed by atoms with Crippen LogP contribution in [0.5, 0.6) is 0 Å². The smallest absolute Gasteiger partial charge is 0.355 e. The number of benzene rings is 2. The van der Waals surface area contributed by atoms with Gasteiger partial charge in [0.15, 0.2) is 0 Å². The average molecular weight is 654 g/mol. The molecular formula is C29H23BrF3N7O3. The van der Waals surface area contributed by atoms with Crippen LogP contribution >= 0.6 is 15.9 Å². The third-order valence-electron chi connectivity index (χ3n) is 7.13. The topological polar surface area (TPSA) is 126 Å². The van der Waals surface area contributed by atoms with Crippen molar-refractivity contribution >= 4 is 27.7 Å². The zero-order chi connectivity index (χ0) is 31.2. The number of halogens is 4. The van der Waals surface area contributed by atoms with Crippen LogP contribution in [0, 0.1) is 18.3 Å². The number of hydrogen-bond acceptors (Lipinski definition) is 6. The third kappa shape index (κ3) is 5.43. The monoisotopic (exact) mass is 653 g/mol. The molecule has 220 valence electrons. The van der Waals surface area contributed by atoms with Crippen LogP contribution in [0.1, 0.15) is 55.8 Å². The Hall–Kier alpha value is -4.77. The Bertz CT molecular complexity index is 1870. The summed E-state index contributed by atoms with van der Waals surface area (Å²) in [5.74, 6) is -0.990. The third-order valence-corrected chi connectivity index (χ3v) is 7.82. The van der Waals surface area contributed by atoms with E-state index in [1.165, 1.54) is 39.4 Å². The Morgan fingerprint density at radius 1 is 1.12 bits per heavy atom. The average Bonchev–Trinajstić information content (AvgIpc) is 3.36. The van der Waals surface area contributed by atoms with Crippen molar-refractivity contribution < 1.29 is 22.8 Å². The number of amides is 2. The van der Waals surface area contributed by atoms with E-state index in [2.05, 4.69) is 26.3 Å². The number of alkyl halides is 3. The van der Waals surface area contributed by atoms with Crippen LogP contribution in [0.4, 0.5) is 13.2 Å². The van der Waals surface area contributed by atoms with Crippen molar-refractivity contribution in [1.29, 1.82) is 5.26 Å². The highest BCUT2D eigenvalue weighted by molar-refractivity contribution is 9.10. The highest BCUT2D eigenvalue weighted by atomic mass is 79.9. The van der Waals surface area contributed by atoms with Gasteiger partial charge in [-0.2, -0.15) is 28.2 Å². The first-order valence-corrected chi connectivity index (χ1v) is 13.8. The molecule has 1 N–H and O–H groups in total. The van der Waals surface area contributed by atoms with Crippen LogP contribution in [0.15, 0.2) is 57.8 Å². The van der Waals surface area contributed by atoms with Gasteiger partial charge in [-0.1, -0.05) is 15.9 Å². The van der Waals surface area contributed by atoms with Crippen LogP contribution in [-0.2, 0) is 19.1 Å². The van der Waals surface area contributed by atoms with Crippen LogP contribution in [0.3, 0.4) is 0 Å². The maximum atomic E-state index is 14.1. The fourth-order valence-corrected chi connectivity index (χ4v) is 5.44. The van der Waals surface area contributed by atoms with Crippen molar-refractivity contribution in [1.82, 2.24) is 29.5 Å². The molecule has 4 aromatic rings. The van der Waals surface area contributed by atoms with Crippen molar-refractivity contribution in [3.63, 3.8) is 0 Å². The van der Waals surface area contributed by atoms with E-state index >= 15 is 0 Å². The van der Waals surface area contributed by atoms with Gasteiger partial charge in [0.1, 0.15) is 11.8 Å². The Balaban J connectivity index is 1.64. The number of aryl methyl sites for hydroxylation is 1. The van der Waals surface area contributed by atoms with Gasteiger partial charge in [-0.05, 0) is 68.8 Å². The van der Waals surface area contributed by atoms with Crippen molar-refractivity contribution in [2.24, 2.45) is 0 Å². The molecule has 14 heteroatoms. The maximum Gasteiger partial charge on any atom is 0.417 e. The first kappa shape index (κ1) is 29.7. The molecule has 0 unspecified atom stereocenters. The van der Waals surface area contributed by atoms with Crippen LogP contribution in [-0.4, -0.2) is 49.1 Å². The number of carbonyl (C=O) groups is 2. The van der Waals surface area contributed by atoms with Gasteiger partial charge in [0.05, 0.1) is 29.2 Å². The van der Waals surface area contributed by atoms with E-state index in [-0.39, 0.29) is 46.2 Å². The molecule has 0 spiro atoms. The van der Waals surface area contributed by atoms with Gasteiger partial charge in [-0.3, -0.25) is 14.4 Å². The number of carbonyl (C=O) groups excluding carboxylic acids is 2. The van der Waals surface area contributed by atoms with E-state index < -0.39 is 29.2 Å². The van der Waals surface area contributed by atoms with Gasteiger partial charge in [0, 0.05) is 34.3 Å². The van der Waals surface area contributed by atoms with E-state index in [0.29, 0.717) is 22.5 Å². The van der Waals surface area contributed by atoms with Gasteiger partial charge >= 0.3 is 6.18 Å². The number of fused-ring (bicyclic) bond motifs is 1. The fourth-order valence-electron chi connectivity index (χ4n) is 4.97. The minimum Gasteiger partial charge on any atom is -0.355 e. The van der Waals surface area contributed by atoms with Crippen molar-refractivity contribution in [3.8, 4) is 17.7 Å². The minimum absolute atomic E-state index is 0.0222. The molecule has 0 radical (unpaired) electrons. The lowest BCUT2D eigenvalue weighted by molar-refractivity contribution is -0.138. The Labute approximate surface area is 251 Å². The summed E-state index contributed by atoms with van der Waals surface area (Å²) in [7, 11) is 1.50. The molecule has 2 aromatic carbocycles. The van der Waals surface area contributed by atoms with Crippen LogP contribution < -0.4 is 10.9 Å². The lowest BCUT2D eigenvalue weighted by atomic mass is 9.98. The van der Waals surface area contributed by atoms with Gasteiger partial charge in [0.25, 0.3) is 17.4 Å². The predicted molar refractivity (Wildman–Crippen MR) is 152 cm³/mol. The lowest BCUT2D eigenvalue weighted by Crippen LogP contribution is -2.46. The predicted octanol–water partition coefficient (Wildman–Crippen LogP) is 4.33. The Kier molecular flexibility index (Phi) is 7.70. The number of nitrogens with zero attached hydrogens (tertiary/aromatic N) is 6. The molecule has 0 aliphatic carbocycles. The zero-order valence-corrected chi connectivity index (χ0v) is 24.6. The second-order valence-corrected chi connectivity index (χ2v) is 10.8. The molecule has 0 bridgehead atoms. The SMILES string of the molecule is CNC(=O)c1ccc(-n2c(-n3nc(C)cc3C#N)nc3c(c2=O)C[C@@H](C)N(C(=O)c2ccc(Br)c(C(F)(F)F)c2)C3)cc1. The molecule has 0 saturated carbocycles. The summed E-state index contributed by atoms with van der Waals surface area (Å²) >= 11 is 2.89. The van der Waals surface area contributed by atoms with E-state index in [4.69, 9.17) is 4.98 Å². The molecule has 2 amide bonds. The largest absolute Gasteiger partial charge is 0.417 e. The Morgan fingerprint density at radius 3 is 2.42 bits per heavy atom. The molecule has 1 aliphatic rings. The first-order chi connectivity index (χ1) is 20.3. The quantitative estimate of drug-likeness (QED) is 0.350. The van der Waals surface area contributed by atoms with Crippen molar-refractivity contribution in [2.75, 3.05) is 7.05 Å². The molecule has 1 atom stereocenters. The van der Waals surface area contributed by atoms with Gasteiger partial charge in [0.2, 0.25) is 5.95 Å². The summed E-state index contributed by atoms with van der Waals surface area (Å²) in [6.45, 7) is 3.21. The second-order valence-electron chi connectivity index (χ2n) is 9.98. The van der Waals surface area contributed by atoms with Gasteiger partial charge in [-0.25, -0.2) is 9.55 Å². The van der Waals surface area contributed by atoms with Gasteiger partial charge < -0.3 is 10.2 Å². The summed E-state index contributed by atoms with van der Waals surface area (Å²) in [4.78, 5) is 45.7. The number of hydrogen-bond donors (Lipinski definition) is 1.